The second kappa shape index (κ2) is 7.34. The molecule has 2 heteroatoms. The smallest absolute Gasteiger partial charge is 0.0459 e. The molecule has 3 unspecified atom stereocenters. The third kappa shape index (κ3) is 5.27. The standard InChI is InChI=1S/C11H24O2/c1-4-11(10(3)8-13)6-5-9(2)7-12/h9-13H,4-8H2,1-3H3. The van der Waals surface area contributed by atoms with E-state index in [0.717, 1.165) is 19.3 Å². The van der Waals surface area contributed by atoms with Crippen LogP contribution in [0.25, 0.3) is 0 Å². The number of aliphatic hydroxyl groups excluding tert-OH is 2. The Morgan fingerprint density at radius 2 is 1.62 bits per heavy atom. The molecule has 0 aliphatic heterocycles. The Kier molecular flexibility index (Phi) is 7.29. The first kappa shape index (κ1) is 12.9. The molecule has 13 heavy (non-hydrogen) atoms. The fourth-order valence-electron chi connectivity index (χ4n) is 1.63. The van der Waals surface area contributed by atoms with Crippen LogP contribution in [-0.2, 0) is 0 Å². The van der Waals surface area contributed by atoms with Crippen LogP contribution in [0.2, 0.25) is 0 Å². The summed E-state index contributed by atoms with van der Waals surface area (Å²) in [6.07, 6.45) is 3.32. The van der Waals surface area contributed by atoms with Gasteiger partial charge < -0.3 is 10.2 Å². The molecule has 2 N–H and O–H groups in total. The highest BCUT2D eigenvalue weighted by atomic mass is 16.3. The molecule has 0 aliphatic carbocycles. The van der Waals surface area contributed by atoms with Gasteiger partial charge in [0.05, 0.1) is 0 Å². The topological polar surface area (TPSA) is 40.5 Å². The first-order chi connectivity index (χ1) is 6.15. The van der Waals surface area contributed by atoms with Crippen LogP contribution < -0.4 is 0 Å². The van der Waals surface area contributed by atoms with Crippen LogP contribution in [0.5, 0.6) is 0 Å². The number of hydrogen-bond donors (Lipinski definition) is 2. The molecule has 0 radical (unpaired) electrons. The highest BCUT2D eigenvalue weighted by molar-refractivity contribution is 4.65. The highest BCUT2D eigenvalue weighted by Gasteiger charge is 2.15. The summed E-state index contributed by atoms with van der Waals surface area (Å²) >= 11 is 0. The molecule has 0 spiro atoms. The van der Waals surface area contributed by atoms with E-state index < -0.39 is 0 Å². The first-order valence-electron chi connectivity index (χ1n) is 5.37. The summed E-state index contributed by atoms with van der Waals surface area (Å²) in [5.41, 5.74) is 0. The molecule has 0 aromatic carbocycles. The van der Waals surface area contributed by atoms with E-state index in [0.29, 0.717) is 17.8 Å². The van der Waals surface area contributed by atoms with Gasteiger partial charge in [-0.2, -0.15) is 0 Å². The maximum Gasteiger partial charge on any atom is 0.0459 e. The van der Waals surface area contributed by atoms with Gasteiger partial charge in [-0.05, 0) is 30.6 Å². The van der Waals surface area contributed by atoms with Gasteiger partial charge >= 0.3 is 0 Å². The lowest BCUT2D eigenvalue weighted by atomic mass is 9.86. The van der Waals surface area contributed by atoms with Crippen molar-refractivity contribution in [3.8, 4) is 0 Å². The molecule has 0 heterocycles. The maximum absolute atomic E-state index is 9.01. The molecule has 0 aliphatic rings. The van der Waals surface area contributed by atoms with E-state index in [-0.39, 0.29) is 13.2 Å². The normalized spacial score (nSPS) is 18.2. The number of aliphatic hydroxyl groups is 2. The fraction of sp³-hybridized carbons (Fsp3) is 1.00. The summed E-state index contributed by atoms with van der Waals surface area (Å²) in [4.78, 5) is 0. The minimum atomic E-state index is 0.282. The van der Waals surface area contributed by atoms with E-state index in [4.69, 9.17) is 10.2 Å². The van der Waals surface area contributed by atoms with Crippen molar-refractivity contribution in [1.82, 2.24) is 0 Å². The molecule has 0 bridgehead atoms. The van der Waals surface area contributed by atoms with Crippen molar-refractivity contribution < 1.29 is 10.2 Å². The molecule has 0 fully saturated rings. The van der Waals surface area contributed by atoms with Crippen LogP contribution in [0, 0.1) is 17.8 Å². The van der Waals surface area contributed by atoms with Crippen LogP contribution in [-0.4, -0.2) is 23.4 Å². The van der Waals surface area contributed by atoms with E-state index in [1.165, 1.54) is 0 Å². The van der Waals surface area contributed by atoms with Gasteiger partial charge in [-0.15, -0.1) is 0 Å². The minimum absolute atomic E-state index is 0.282. The molecule has 0 rings (SSSR count). The summed E-state index contributed by atoms with van der Waals surface area (Å²) in [5.74, 6) is 1.41. The van der Waals surface area contributed by atoms with E-state index >= 15 is 0 Å². The Bertz CT molecular complexity index is 115. The molecule has 0 saturated heterocycles. The van der Waals surface area contributed by atoms with Crippen molar-refractivity contribution in [2.24, 2.45) is 17.8 Å². The lowest BCUT2D eigenvalue weighted by Crippen LogP contribution is -2.16. The molecule has 0 saturated carbocycles. The van der Waals surface area contributed by atoms with Gasteiger partial charge in [0.2, 0.25) is 0 Å². The molecule has 0 aromatic rings. The average Bonchev–Trinajstić information content (AvgIpc) is 2.17. The second-order valence-corrected chi connectivity index (χ2v) is 4.19. The van der Waals surface area contributed by atoms with E-state index in [1.807, 2.05) is 0 Å². The molecular weight excluding hydrogens is 164 g/mol. The Morgan fingerprint density at radius 3 is 2.00 bits per heavy atom. The van der Waals surface area contributed by atoms with Gasteiger partial charge in [-0.25, -0.2) is 0 Å². The van der Waals surface area contributed by atoms with Crippen molar-refractivity contribution in [2.75, 3.05) is 13.2 Å². The Labute approximate surface area is 82.0 Å². The van der Waals surface area contributed by atoms with Crippen LogP contribution in [0.3, 0.4) is 0 Å². The fourth-order valence-corrected chi connectivity index (χ4v) is 1.63. The number of hydrogen-bond acceptors (Lipinski definition) is 2. The largest absolute Gasteiger partial charge is 0.396 e. The van der Waals surface area contributed by atoms with Gasteiger partial charge in [-0.1, -0.05) is 27.2 Å². The predicted octanol–water partition coefficient (Wildman–Crippen LogP) is 2.05. The summed E-state index contributed by atoms with van der Waals surface area (Å²) < 4.78 is 0. The van der Waals surface area contributed by atoms with Crippen LogP contribution in [0.4, 0.5) is 0 Å². The quantitative estimate of drug-likeness (QED) is 0.642. The molecule has 3 atom stereocenters. The van der Waals surface area contributed by atoms with Crippen molar-refractivity contribution in [1.29, 1.82) is 0 Å². The van der Waals surface area contributed by atoms with Crippen molar-refractivity contribution in [3.05, 3.63) is 0 Å². The molecule has 2 nitrogen and oxygen atoms in total. The summed E-state index contributed by atoms with van der Waals surface area (Å²) in [5, 5.41) is 17.9. The zero-order valence-electron chi connectivity index (χ0n) is 9.16. The predicted molar refractivity (Wildman–Crippen MR) is 55.5 cm³/mol. The van der Waals surface area contributed by atoms with Gasteiger partial charge in [0, 0.05) is 13.2 Å². The zero-order valence-corrected chi connectivity index (χ0v) is 9.16. The first-order valence-corrected chi connectivity index (χ1v) is 5.37. The Morgan fingerprint density at radius 1 is 1.00 bits per heavy atom. The average molecular weight is 188 g/mol. The third-order valence-electron chi connectivity index (χ3n) is 2.96. The lowest BCUT2D eigenvalue weighted by Gasteiger charge is -2.21. The minimum Gasteiger partial charge on any atom is -0.396 e. The van der Waals surface area contributed by atoms with Crippen LogP contribution in [0.1, 0.15) is 40.0 Å². The van der Waals surface area contributed by atoms with Gasteiger partial charge in [-0.3, -0.25) is 0 Å². The lowest BCUT2D eigenvalue weighted by molar-refractivity contribution is 0.164. The third-order valence-corrected chi connectivity index (χ3v) is 2.96. The van der Waals surface area contributed by atoms with Crippen molar-refractivity contribution in [2.45, 2.75) is 40.0 Å². The van der Waals surface area contributed by atoms with Gasteiger partial charge in [0.25, 0.3) is 0 Å². The van der Waals surface area contributed by atoms with Gasteiger partial charge in [0.1, 0.15) is 0 Å². The van der Waals surface area contributed by atoms with Crippen molar-refractivity contribution >= 4 is 0 Å². The maximum atomic E-state index is 9.01. The molecule has 80 valence electrons. The van der Waals surface area contributed by atoms with Crippen molar-refractivity contribution in [3.63, 3.8) is 0 Å². The Balaban J connectivity index is 3.71. The molecule has 0 amide bonds. The summed E-state index contributed by atoms with van der Waals surface area (Å²) in [6, 6.07) is 0. The molecule has 0 aromatic heterocycles. The van der Waals surface area contributed by atoms with E-state index in [2.05, 4.69) is 20.8 Å². The SMILES string of the molecule is CCC(CCC(C)CO)C(C)CO. The monoisotopic (exact) mass is 188 g/mol. The highest BCUT2D eigenvalue weighted by Crippen LogP contribution is 2.22. The van der Waals surface area contributed by atoms with Crippen LogP contribution in [0.15, 0.2) is 0 Å². The second-order valence-electron chi connectivity index (χ2n) is 4.19. The zero-order chi connectivity index (χ0) is 10.3. The van der Waals surface area contributed by atoms with Crippen LogP contribution >= 0.6 is 0 Å². The van der Waals surface area contributed by atoms with Gasteiger partial charge in [0.15, 0.2) is 0 Å². The van der Waals surface area contributed by atoms with E-state index in [9.17, 15) is 0 Å². The Hall–Kier alpha value is -0.0800. The summed E-state index contributed by atoms with van der Waals surface area (Å²) in [6.45, 7) is 6.89. The van der Waals surface area contributed by atoms with E-state index in [1.54, 1.807) is 0 Å². The number of rotatable bonds is 7. The molecular formula is C11H24O2. The summed E-state index contributed by atoms with van der Waals surface area (Å²) in [7, 11) is 0.